The van der Waals surface area contributed by atoms with Gasteiger partial charge in [0.1, 0.15) is 0 Å². The molecule has 2 aliphatic carbocycles. The number of nitrogens with zero attached hydrogens (tertiary/aromatic N) is 2. The highest BCUT2D eigenvalue weighted by Gasteiger charge is 2.30. The molecule has 2 N–H and O–H groups in total. The van der Waals surface area contributed by atoms with Gasteiger partial charge in [-0.3, -0.25) is 0 Å². The Morgan fingerprint density at radius 3 is 1.91 bits per heavy atom. The highest BCUT2D eigenvalue weighted by molar-refractivity contribution is 5.78. The first-order valence-electron chi connectivity index (χ1n) is 9.47. The van der Waals surface area contributed by atoms with Gasteiger partial charge in [0.05, 0.1) is 6.54 Å². The lowest BCUT2D eigenvalue weighted by atomic mass is 9.89. The minimum Gasteiger partial charge on any atom is -0.370 e. The van der Waals surface area contributed by atoms with Crippen molar-refractivity contribution < 1.29 is 0 Å². The molecule has 0 aliphatic heterocycles. The van der Waals surface area contributed by atoms with Gasteiger partial charge < -0.3 is 10.6 Å². The smallest absolute Gasteiger partial charge is 0.192 e. The van der Waals surface area contributed by atoms with Crippen molar-refractivity contribution in [3.8, 4) is 0 Å². The van der Waals surface area contributed by atoms with Gasteiger partial charge in [0.25, 0.3) is 0 Å². The fourth-order valence-corrected chi connectivity index (χ4v) is 4.23. The molecule has 0 saturated heterocycles. The number of hydrogen-bond donors (Lipinski definition) is 1. The van der Waals surface area contributed by atoms with Crippen molar-refractivity contribution in [2.45, 2.75) is 82.8 Å². The molecule has 1 aromatic rings. The normalized spacial score (nSPS) is 21.3. The van der Waals surface area contributed by atoms with Crippen LogP contribution in [0.4, 0.5) is 0 Å². The van der Waals surface area contributed by atoms with Crippen LogP contribution in [0.2, 0.25) is 0 Å². The van der Waals surface area contributed by atoms with Crippen molar-refractivity contribution in [2.75, 3.05) is 0 Å². The summed E-state index contributed by atoms with van der Waals surface area (Å²) >= 11 is 0. The van der Waals surface area contributed by atoms with E-state index in [0.717, 1.165) is 5.96 Å². The molecule has 2 aliphatic rings. The maximum atomic E-state index is 6.50. The first kappa shape index (κ1) is 16.4. The lowest BCUT2D eigenvalue weighted by Gasteiger charge is -2.42. The molecule has 0 heterocycles. The van der Waals surface area contributed by atoms with E-state index in [9.17, 15) is 0 Å². The standard InChI is InChI=1S/C20H31N3/c21-20(22-16-17-10-4-1-5-11-17)23(18-12-6-2-7-13-18)19-14-8-3-9-15-19/h1,4-5,10-11,18-19H,2-3,6-9,12-16H2,(H2,21,22). The Morgan fingerprint density at radius 2 is 1.39 bits per heavy atom. The van der Waals surface area contributed by atoms with Crippen molar-refractivity contribution in [1.82, 2.24) is 4.90 Å². The van der Waals surface area contributed by atoms with Crippen LogP contribution in [-0.4, -0.2) is 22.9 Å². The molecular weight excluding hydrogens is 282 g/mol. The molecule has 0 amide bonds. The van der Waals surface area contributed by atoms with Gasteiger partial charge in [-0.05, 0) is 31.2 Å². The molecule has 2 saturated carbocycles. The van der Waals surface area contributed by atoms with Crippen molar-refractivity contribution in [3.63, 3.8) is 0 Å². The monoisotopic (exact) mass is 313 g/mol. The van der Waals surface area contributed by atoms with E-state index in [0.29, 0.717) is 18.6 Å². The third-order valence-electron chi connectivity index (χ3n) is 5.47. The largest absolute Gasteiger partial charge is 0.370 e. The first-order chi connectivity index (χ1) is 11.3. The molecule has 0 spiro atoms. The maximum Gasteiger partial charge on any atom is 0.192 e. The van der Waals surface area contributed by atoms with Crippen molar-refractivity contribution in [3.05, 3.63) is 35.9 Å². The highest BCUT2D eigenvalue weighted by atomic mass is 15.3. The zero-order chi connectivity index (χ0) is 15.9. The third kappa shape index (κ3) is 4.49. The molecule has 2 fully saturated rings. The van der Waals surface area contributed by atoms with E-state index in [4.69, 9.17) is 10.7 Å². The third-order valence-corrected chi connectivity index (χ3v) is 5.47. The summed E-state index contributed by atoms with van der Waals surface area (Å²) in [5, 5.41) is 0. The lowest BCUT2D eigenvalue weighted by Crippen LogP contribution is -2.52. The van der Waals surface area contributed by atoms with E-state index in [-0.39, 0.29) is 0 Å². The van der Waals surface area contributed by atoms with Gasteiger partial charge in [0.15, 0.2) is 5.96 Å². The molecule has 3 nitrogen and oxygen atoms in total. The number of rotatable bonds is 4. The van der Waals surface area contributed by atoms with Gasteiger partial charge in [-0.25, -0.2) is 4.99 Å². The summed E-state index contributed by atoms with van der Waals surface area (Å²) in [6, 6.07) is 11.7. The van der Waals surface area contributed by atoms with Crippen LogP contribution in [-0.2, 0) is 6.54 Å². The van der Waals surface area contributed by atoms with E-state index < -0.39 is 0 Å². The molecule has 1 aromatic carbocycles. The predicted molar refractivity (Wildman–Crippen MR) is 97.4 cm³/mol. The van der Waals surface area contributed by atoms with Gasteiger partial charge in [0, 0.05) is 12.1 Å². The van der Waals surface area contributed by atoms with Crippen molar-refractivity contribution in [1.29, 1.82) is 0 Å². The Balaban J connectivity index is 1.72. The number of aliphatic imine (C=N–C) groups is 1. The van der Waals surface area contributed by atoms with Gasteiger partial charge in [-0.2, -0.15) is 0 Å². The summed E-state index contributed by atoms with van der Waals surface area (Å²) < 4.78 is 0. The topological polar surface area (TPSA) is 41.6 Å². The Bertz CT molecular complexity index is 467. The van der Waals surface area contributed by atoms with Gasteiger partial charge >= 0.3 is 0 Å². The molecule has 0 aromatic heterocycles. The second-order valence-electron chi connectivity index (χ2n) is 7.15. The second kappa shape index (κ2) is 8.37. The Morgan fingerprint density at radius 1 is 0.870 bits per heavy atom. The molecule has 0 radical (unpaired) electrons. The van der Waals surface area contributed by atoms with E-state index in [2.05, 4.69) is 29.2 Å². The van der Waals surface area contributed by atoms with E-state index in [1.165, 1.54) is 69.8 Å². The van der Waals surface area contributed by atoms with Crippen molar-refractivity contribution >= 4 is 5.96 Å². The Hall–Kier alpha value is -1.51. The molecule has 3 heteroatoms. The van der Waals surface area contributed by atoms with Crippen LogP contribution in [0.3, 0.4) is 0 Å². The van der Waals surface area contributed by atoms with Crippen LogP contribution in [0.25, 0.3) is 0 Å². The Kier molecular flexibility index (Phi) is 5.95. The zero-order valence-electron chi connectivity index (χ0n) is 14.3. The van der Waals surface area contributed by atoms with Gasteiger partial charge in [-0.15, -0.1) is 0 Å². The van der Waals surface area contributed by atoms with Gasteiger partial charge in [0.2, 0.25) is 0 Å². The molecule has 0 unspecified atom stereocenters. The fourth-order valence-electron chi connectivity index (χ4n) is 4.23. The first-order valence-corrected chi connectivity index (χ1v) is 9.47. The van der Waals surface area contributed by atoms with Crippen LogP contribution in [0.5, 0.6) is 0 Å². The fraction of sp³-hybridized carbons (Fsp3) is 0.650. The second-order valence-corrected chi connectivity index (χ2v) is 7.15. The SMILES string of the molecule is NC(=NCc1ccccc1)N(C1CCCCC1)C1CCCCC1. The lowest BCUT2D eigenvalue weighted by molar-refractivity contribution is 0.155. The van der Waals surface area contributed by atoms with Crippen LogP contribution < -0.4 is 5.73 Å². The minimum atomic E-state index is 0.617. The summed E-state index contributed by atoms with van der Waals surface area (Å²) in [5.74, 6) is 0.785. The number of benzene rings is 1. The molecule has 0 atom stereocenters. The molecular formula is C20H31N3. The molecule has 126 valence electrons. The highest BCUT2D eigenvalue weighted by Crippen LogP contribution is 2.30. The molecule has 0 bridgehead atoms. The number of hydrogen-bond acceptors (Lipinski definition) is 1. The van der Waals surface area contributed by atoms with Crippen LogP contribution in [0.15, 0.2) is 35.3 Å². The predicted octanol–water partition coefficient (Wildman–Crippen LogP) is 4.47. The Labute approximate surface area is 141 Å². The van der Waals surface area contributed by atoms with E-state index in [1.807, 2.05) is 6.07 Å². The van der Waals surface area contributed by atoms with Crippen LogP contribution in [0.1, 0.15) is 69.8 Å². The van der Waals surface area contributed by atoms with Crippen molar-refractivity contribution in [2.24, 2.45) is 10.7 Å². The summed E-state index contributed by atoms with van der Waals surface area (Å²) in [5.41, 5.74) is 7.74. The zero-order valence-corrected chi connectivity index (χ0v) is 14.3. The molecule has 23 heavy (non-hydrogen) atoms. The van der Waals surface area contributed by atoms with E-state index in [1.54, 1.807) is 0 Å². The molecule has 3 rings (SSSR count). The summed E-state index contributed by atoms with van der Waals surface area (Å²) in [6.07, 6.45) is 13.3. The van der Waals surface area contributed by atoms with E-state index >= 15 is 0 Å². The van der Waals surface area contributed by atoms with Crippen LogP contribution in [0, 0.1) is 0 Å². The number of nitrogens with two attached hydrogens (primary N) is 1. The average Bonchev–Trinajstić information content (AvgIpc) is 2.63. The van der Waals surface area contributed by atoms with Gasteiger partial charge in [-0.1, -0.05) is 68.9 Å². The number of guanidine groups is 1. The quantitative estimate of drug-likeness (QED) is 0.658. The summed E-state index contributed by atoms with van der Waals surface area (Å²) in [6.45, 7) is 0.697. The summed E-state index contributed by atoms with van der Waals surface area (Å²) in [4.78, 5) is 7.28. The van der Waals surface area contributed by atoms with Crippen LogP contribution >= 0.6 is 0 Å². The average molecular weight is 313 g/mol. The maximum absolute atomic E-state index is 6.50. The minimum absolute atomic E-state index is 0.617. The summed E-state index contributed by atoms with van der Waals surface area (Å²) in [7, 11) is 0.